The van der Waals surface area contributed by atoms with Gasteiger partial charge in [-0.25, -0.2) is 0 Å². The molecule has 8 nitrogen and oxygen atoms in total. The van der Waals surface area contributed by atoms with Gasteiger partial charge in [-0.2, -0.15) is 0 Å². The molecule has 8 heteroatoms. The second-order valence-electron chi connectivity index (χ2n) is 6.00. The Balaban J connectivity index is 1.95. The molecule has 28 heavy (non-hydrogen) atoms. The number of rotatable bonds is 6. The predicted octanol–water partition coefficient (Wildman–Crippen LogP) is 3.40. The van der Waals surface area contributed by atoms with E-state index >= 15 is 0 Å². The number of benzene rings is 2. The molecular weight excluding hydrogens is 362 g/mol. The van der Waals surface area contributed by atoms with Gasteiger partial charge >= 0.3 is 0 Å². The minimum atomic E-state index is -0.348. The van der Waals surface area contributed by atoms with Crippen LogP contribution in [0.25, 0.3) is 10.9 Å². The van der Waals surface area contributed by atoms with Gasteiger partial charge in [-0.15, -0.1) is 0 Å². The molecule has 0 fully saturated rings. The maximum absolute atomic E-state index is 12.7. The summed E-state index contributed by atoms with van der Waals surface area (Å²) < 4.78 is 16.2. The number of hydrogen-bond acceptors (Lipinski definition) is 5. The van der Waals surface area contributed by atoms with Crippen LogP contribution in [-0.2, 0) is 4.79 Å². The number of methoxy groups -OCH3 is 3. The third-order valence-corrected chi connectivity index (χ3v) is 4.13. The van der Waals surface area contributed by atoms with Gasteiger partial charge in [-0.05, 0) is 24.3 Å². The van der Waals surface area contributed by atoms with Crippen LogP contribution in [0.1, 0.15) is 17.4 Å². The smallest absolute Gasteiger partial charge is 0.272 e. The molecule has 0 spiro atoms. The average molecular weight is 383 g/mol. The molecule has 0 unspecified atom stereocenters. The molecule has 2 amide bonds. The van der Waals surface area contributed by atoms with Crippen LogP contribution in [0.4, 0.5) is 11.4 Å². The number of carbonyl (C=O) groups is 2. The lowest BCUT2D eigenvalue weighted by atomic mass is 10.2. The van der Waals surface area contributed by atoms with Crippen molar-refractivity contribution in [1.82, 2.24) is 4.98 Å². The minimum absolute atomic E-state index is 0.188. The number of amides is 2. The summed E-state index contributed by atoms with van der Waals surface area (Å²) in [7, 11) is 4.60. The zero-order valence-corrected chi connectivity index (χ0v) is 16.0. The number of fused-ring (bicyclic) bond motifs is 1. The van der Waals surface area contributed by atoms with E-state index in [1.54, 1.807) is 43.5 Å². The number of anilines is 2. The lowest BCUT2D eigenvalue weighted by Crippen LogP contribution is -2.13. The summed E-state index contributed by atoms with van der Waals surface area (Å²) in [6.45, 7) is 1.42. The molecule has 1 aromatic heterocycles. The van der Waals surface area contributed by atoms with Crippen molar-refractivity contribution in [3.05, 3.63) is 42.1 Å². The highest BCUT2D eigenvalue weighted by molar-refractivity contribution is 6.08. The van der Waals surface area contributed by atoms with Gasteiger partial charge in [-0.1, -0.05) is 6.07 Å². The largest absolute Gasteiger partial charge is 0.496 e. The first-order valence-corrected chi connectivity index (χ1v) is 8.47. The van der Waals surface area contributed by atoms with Crippen LogP contribution in [0, 0.1) is 0 Å². The molecule has 0 aliphatic rings. The fourth-order valence-corrected chi connectivity index (χ4v) is 2.94. The third-order valence-electron chi connectivity index (χ3n) is 4.13. The van der Waals surface area contributed by atoms with Gasteiger partial charge in [0.05, 0.1) is 26.8 Å². The van der Waals surface area contributed by atoms with Crippen LogP contribution in [0.15, 0.2) is 36.4 Å². The summed E-state index contributed by atoms with van der Waals surface area (Å²) in [5, 5.41) is 6.17. The van der Waals surface area contributed by atoms with E-state index in [0.29, 0.717) is 45.2 Å². The van der Waals surface area contributed by atoms with Crippen molar-refractivity contribution in [3.63, 3.8) is 0 Å². The fourth-order valence-electron chi connectivity index (χ4n) is 2.94. The van der Waals surface area contributed by atoms with Crippen LogP contribution in [0.2, 0.25) is 0 Å². The summed E-state index contributed by atoms with van der Waals surface area (Å²) in [5.41, 5.74) is 2.06. The Labute approximate surface area is 161 Å². The zero-order chi connectivity index (χ0) is 20.3. The summed E-state index contributed by atoms with van der Waals surface area (Å²) in [6.07, 6.45) is 0. The van der Waals surface area contributed by atoms with Gasteiger partial charge in [0.25, 0.3) is 5.91 Å². The van der Waals surface area contributed by atoms with Crippen molar-refractivity contribution >= 4 is 34.1 Å². The van der Waals surface area contributed by atoms with E-state index in [4.69, 9.17) is 14.2 Å². The van der Waals surface area contributed by atoms with Gasteiger partial charge in [-0.3, -0.25) is 9.59 Å². The summed E-state index contributed by atoms with van der Waals surface area (Å²) >= 11 is 0. The predicted molar refractivity (Wildman–Crippen MR) is 107 cm³/mol. The molecule has 0 saturated heterocycles. The molecule has 0 aliphatic carbocycles. The average Bonchev–Trinajstić information content (AvgIpc) is 3.11. The van der Waals surface area contributed by atoms with E-state index in [9.17, 15) is 9.59 Å². The van der Waals surface area contributed by atoms with Crippen molar-refractivity contribution in [1.29, 1.82) is 0 Å². The van der Waals surface area contributed by atoms with E-state index in [0.717, 1.165) is 0 Å². The van der Waals surface area contributed by atoms with E-state index < -0.39 is 0 Å². The van der Waals surface area contributed by atoms with Gasteiger partial charge in [0.2, 0.25) is 5.91 Å². The molecule has 0 atom stereocenters. The van der Waals surface area contributed by atoms with Gasteiger partial charge in [0.15, 0.2) is 11.5 Å². The van der Waals surface area contributed by atoms with E-state index in [1.165, 1.54) is 21.1 Å². The van der Waals surface area contributed by atoms with Crippen LogP contribution < -0.4 is 24.8 Å². The van der Waals surface area contributed by atoms with Crippen molar-refractivity contribution in [2.75, 3.05) is 32.0 Å². The van der Waals surface area contributed by atoms with Crippen molar-refractivity contribution in [2.45, 2.75) is 6.92 Å². The number of nitrogens with one attached hydrogen (secondary N) is 3. The fraction of sp³-hybridized carbons (Fsp3) is 0.200. The minimum Gasteiger partial charge on any atom is -0.496 e. The molecule has 1 heterocycles. The molecule has 3 rings (SSSR count). The first-order valence-electron chi connectivity index (χ1n) is 8.47. The number of ether oxygens (including phenoxy) is 3. The summed E-state index contributed by atoms with van der Waals surface area (Å²) in [5.74, 6) is 0.982. The number of H-pyrrole nitrogens is 1. The maximum atomic E-state index is 12.7. The highest BCUT2D eigenvalue weighted by Gasteiger charge is 2.19. The number of carbonyl (C=O) groups excluding carboxylic acids is 2. The highest BCUT2D eigenvalue weighted by atomic mass is 16.5. The molecule has 0 aliphatic heterocycles. The van der Waals surface area contributed by atoms with Gasteiger partial charge in [0.1, 0.15) is 11.4 Å². The topological polar surface area (TPSA) is 102 Å². The van der Waals surface area contributed by atoms with Crippen molar-refractivity contribution < 1.29 is 23.8 Å². The molecular formula is C20H21N3O5. The quantitative estimate of drug-likeness (QED) is 0.605. The maximum Gasteiger partial charge on any atom is 0.272 e. The van der Waals surface area contributed by atoms with Crippen LogP contribution in [0.5, 0.6) is 17.2 Å². The highest BCUT2D eigenvalue weighted by Crippen LogP contribution is 2.41. The van der Waals surface area contributed by atoms with Crippen LogP contribution >= 0.6 is 0 Å². The third kappa shape index (κ3) is 3.71. The van der Waals surface area contributed by atoms with Crippen molar-refractivity contribution in [2.24, 2.45) is 0 Å². The lowest BCUT2D eigenvalue weighted by molar-refractivity contribution is -0.114. The second-order valence-corrected chi connectivity index (χ2v) is 6.00. The number of hydrogen-bond donors (Lipinski definition) is 3. The Morgan fingerprint density at radius 2 is 1.57 bits per heavy atom. The van der Waals surface area contributed by atoms with Gasteiger partial charge in [0, 0.05) is 29.8 Å². The molecule has 0 bridgehead atoms. The standard InChI is InChI=1S/C20H21N3O5/c1-11(24)21-12-6-5-7-13(8-12)22-20(25)15-9-14-16(26-2)10-17(27-3)19(28-4)18(14)23-15/h5-10,23H,1-4H3,(H,21,24)(H,22,25). The molecule has 3 N–H and O–H groups in total. The summed E-state index contributed by atoms with van der Waals surface area (Å²) in [6, 6.07) is 10.3. The normalized spacial score (nSPS) is 10.4. The molecule has 0 radical (unpaired) electrons. The van der Waals surface area contributed by atoms with E-state index in [1.807, 2.05) is 0 Å². The van der Waals surface area contributed by atoms with Crippen LogP contribution in [0.3, 0.4) is 0 Å². The SMILES string of the molecule is COc1cc(OC)c2cc(C(=O)Nc3cccc(NC(C)=O)c3)[nH]c2c1OC. The monoisotopic (exact) mass is 383 g/mol. The Morgan fingerprint density at radius 1 is 0.893 bits per heavy atom. The van der Waals surface area contributed by atoms with E-state index in [-0.39, 0.29) is 11.8 Å². The van der Waals surface area contributed by atoms with Crippen molar-refractivity contribution in [3.8, 4) is 17.2 Å². The lowest BCUT2D eigenvalue weighted by Gasteiger charge is -2.11. The molecule has 0 saturated carbocycles. The summed E-state index contributed by atoms with van der Waals surface area (Å²) in [4.78, 5) is 27.0. The Morgan fingerprint density at radius 3 is 2.18 bits per heavy atom. The van der Waals surface area contributed by atoms with E-state index in [2.05, 4.69) is 15.6 Å². The Kier molecular flexibility index (Phi) is 5.39. The van der Waals surface area contributed by atoms with Crippen LogP contribution in [-0.4, -0.2) is 38.1 Å². The number of aromatic nitrogens is 1. The first-order chi connectivity index (χ1) is 13.5. The molecule has 146 valence electrons. The molecule has 3 aromatic rings. The number of aromatic amines is 1. The second kappa shape index (κ2) is 7.91. The first kappa shape index (κ1) is 19.1. The Bertz CT molecular complexity index is 1040. The van der Waals surface area contributed by atoms with Gasteiger partial charge < -0.3 is 29.8 Å². The Hall–Kier alpha value is -3.68. The molecule has 2 aromatic carbocycles. The zero-order valence-electron chi connectivity index (χ0n) is 16.0.